The number of allylic oxidation sites excluding steroid dienone is 1. The Balaban J connectivity index is 1.98. The number of aryl methyl sites for hydroxylation is 1. The predicted octanol–water partition coefficient (Wildman–Crippen LogP) is 2.40. The number of aromatic nitrogens is 2. The van der Waals surface area contributed by atoms with E-state index in [2.05, 4.69) is 32.0 Å². The number of carbonyl (C=O) groups is 2. The molecular formula is C21H32ClN5O4. The van der Waals surface area contributed by atoms with E-state index in [-0.39, 0.29) is 12.6 Å². The minimum atomic E-state index is -0.729. The van der Waals surface area contributed by atoms with Gasteiger partial charge in [-0.3, -0.25) is 4.90 Å². The highest BCUT2D eigenvalue weighted by molar-refractivity contribution is 6.30. The number of nitrogens with one attached hydrogen (secondary N) is 2. The highest BCUT2D eigenvalue weighted by atomic mass is 35.5. The van der Waals surface area contributed by atoms with Crippen molar-refractivity contribution in [1.29, 1.82) is 0 Å². The molecule has 172 valence electrons. The monoisotopic (exact) mass is 453 g/mol. The van der Waals surface area contributed by atoms with Crippen LogP contribution in [0.15, 0.2) is 11.3 Å². The summed E-state index contributed by atoms with van der Waals surface area (Å²) < 4.78 is 12.8. The van der Waals surface area contributed by atoms with Crippen molar-refractivity contribution >= 4 is 23.6 Å². The molecule has 3 rings (SSSR count). The van der Waals surface area contributed by atoms with E-state index < -0.39 is 12.0 Å². The number of rotatable bonds is 9. The molecule has 0 bridgehead atoms. The molecule has 10 heteroatoms. The fourth-order valence-electron chi connectivity index (χ4n) is 3.98. The number of carbonyl (C=O) groups excluding carboxylic acids is 2. The van der Waals surface area contributed by atoms with Crippen LogP contribution in [-0.4, -0.2) is 65.9 Å². The SMILES string of the molecule is CCCCc1nc(Cl)c(C2NC(=O)NC(C)=C2C(=O)OCC)n1CCN1CCOCC1. The molecule has 3 heterocycles. The average Bonchev–Trinajstić information content (AvgIpc) is 3.05. The largest absolute Gasteiger partial charge is 0.463 e. The van der Waals surface area contributed by atoms with Crippen LogP contribution < -0.4 is 10.6 Å². The van der Waals surface area contributed by atoms with Gasteiger partial charge in [0, 0.05) is 38.3 Å². The quantitative estimate of drug-likeness (QED) is 0.557. The van der Waals surface area contributed by atoms with Gasteiger partial charge in [0.2, 0.25) is 0 Å². The van der Waals surface area contributed by atoms with E-state index in [0.717, 1.165) is 57.9 Å². The van der Waals surface area contributed by atoms with E-state index in [0.29, 0.717) is 28.7 Å². The van der Waals surface area contributed by atoms with Crippen molar-refractivity contribution in [1.82, 2.24) is 25.1 Å². The first-order valence-corrected chi connectivity index (χ1v) is 11.3. The van der Waals surface area contributed by atoms with Gasteiger partial charge in [-0.1, -0.05) is 24.9 Å². The first kappa shape index (κ1) is 23.6. The summed E-state index contributed by atoms with van der Waals surface area (Å²) in [6.45, 7) is 10.5. The zero-order valence-electron chi connectivity index (χ0n) is 18.5. The Labute approximate surface area is 188 Å². The molecule has 1 saturated heterocycles. The molecule has 1 aromatic heterocycles. The Hall–Kier alpha value is -2.10. The summed E-state index contributed by atoms with van der Waals surface area (Å²) >= 11 is 6.61. The molecule has 2 amide bonds. The smallest absolute Gasteiger partial charge is 0.338 e. The molecule has 0 aromatic carbocycles. The minimum absolute atomic E-state index is 0.238. The maximum absolute atomic E-state index is 12.7. The van der Waals surface area contributed by atoms with E-state index in [1.807, 2.05) is 0 Å². The van der Waals surface area contributed by atoms with E-state index in [1.54, 1.807) is 13.8 Å². The van der Waals surface area contributed by atoms with Crippen molar-refractivity contribution in [3.05, 3.63) is 27.9 Å². The third-order valence-electron chi connectivity index (χ3n) is 5.58. The summed E-state index contributed by atoms with van der Waals surface area (Å²) in [7, 11) is 0. The number of ether oxygens (including phenoxy) is 2. The summed E-state index contributed by atoms with van der Waals surface area (Å²) in [6, 6.07) is -1.12. The van der Waals surface area contributed by atoms with Gasteiger partial charge in [0.05, 0.1) is 31.1 Å². The zero-order chi connectivity index (χ0) is 22.4. The second kappa shape index (κ2) is 11.0. The normalized spacial score (nSPS) is 19.9. The molecule has 9 nitrogen and oxygen atoms in total. The maximum atomic E-state index is 12.7. The lowest BCUT2D eigenvalue weighted by atomic mass is 10.00. The number of unbranched alkanes of at least 4 members (excludes halogenated alkanes) is 1. The van der Waals surface area contributed by atoms with Crippen molar-refractivity contribution in [3.63, 3.8) is 0 Å². The van der Waals surface area contributed by atoms with Crippen molar-refractivity contribution in [2.24, 2.45) is 0 Å². The second-order valence-corrected chi connectivity index (χ2v) is 8.06. The molecule has 1 fully saturated rings. The van der Waals surface area contributed by atoms with Gasteiger partial charge in [-0.2, -0.15) is 0 Å². The number of hydrogen-bond donors (Lipinski definition) is 2. The summed E-state index contributed by atoms with van der Waals surface area (Å²) in [6.07, 6.45) is 2.78. The van der Waals surface area contributed by atoms with Gasteiger partial charge < -0.3 is 24.7 Å². The Bertz CT molecular complexity index is 832. The van der Waals surface area contributed by atoms with Crippen LogP contribution in [0.1, 0.15) is 51.2 Å². The number of amides is 2. The van der Waals surface area contributed by atoms with Crippen molar-refractivity contribution in [2.75, 3.05) is 39.5 Å². The van der Waals surface area contributed by atoms with Gasteiger partial charge in [-0.25, -0.2) is 14.6 Å². The lowest BCUT2D eigenvalue weighted by Crippen LogP contribution is -2.46. The van der Waals surface area contributed by atoms with E-state index in [1.165, 1.54) is 0 Å². The number of hydrogen-bond acceptors (Lipinski definition) is 6. The lowest BCUT2D eigenvalue weighted by Gasteiger charge is -2.30. The van der Waals surface area contributed by atoms with E-state index >= 15 is 0 Å². The Morgan fingerprint density at radius 1 is 1.29 bits per heavy atom. The molecule has 1 unspecified atom stereocenters. The van der Waals surface area contributed by atoms with Crippen LogP contribution in [0.4, 0.5) is 4.79 Å². The number of esters is 1. The van der Waals surface area contributed by atoms with E-state index in [9.17, 15) is 9.59 Å². The third-order valence-corrected chi connectivity index (χ3v) is 5.85. The average molecular weight is 454 g/mol. The fraction of sp³-hybridized carbons (Fsp3) is 0.667. The van der Waals surface area contributed by atoms with Gasteiger partial charge >= 0.3 is 12.0 Å². The summed E-state index contributed by atoms with van der Waals surface area (Å²) in [5.41, 5.74) is 1.43. The maximum Gasteiger partial charge on any atom is 0.338 e. The van der Waals surface area contributed by atoms with E-state index in [4.69, 9.17) is 21.1 Å². The summed E-state index contributed by atoms with van der Waals surface area (Å²) in [5, 5.41) is 5.82. The van der Waals surface area contributed by atoms with Crippen molar-refractivity contribution in [2.45, 2.75) is 52.6 Å². The molecule has 2 N–H and O–H groups in total. The molecule has 2 aliphatic heterocycles. The Morgan fingerprint density at radius 2 is 2.03 bits per heavy atom. The minimum Gasteiger partial charge on any atom is -0.463 e. The number of halogens is 1. The summed E-state index contributed by atoms with van der Waals surface area (Å²) in [4.78, 5) is 32.0. The van der Waals surface area contributed by atoms with Crippen LogP contribution in [-0.2, 0) is 27.2 Å². The Morgan fingerprint density at radius 3 is 2.71 bits per heavy atom. The van der Waals surface area contributed by atoms with Gasteiger partial charge in [0.25, 0.3) is 0 Å². The Kier molecular flexibility index (Phi) is 8.34. The fourth-order valence-corrected chi connectivity index (χ4v) is 4.28. The molecule has 1 atom stereocenters. The molecular weight excluding hydrogens is 422 g/mol. The molecule has 0 spiro atoms. The zero-order valence-corrected chi connectivity index (χ0v) is 19.3. The molecule has 2 aliphatic rings. The standard InChI is InChI=1S/C21H32ClN5O4/c1-4-6-7-15-24-19(22)18(27(15)9-8-26-10-12-30-13-11-26)17-16(20(28)31-5-2)14(3)23-21(29)25-17/h17H,4-13H2,1-3H3,(H2,23,25,29). The molecule has 0 radical (unpaired) electrons. The molecule has 0 aliphatic carbocycles. The number of nitrogens with zero attached hydrogens (tertiary/aromatic N) is 3. The second-order valence-electron chi connectivity index (χ2n) is 7.70. The van der Waals surface area contributed by atoms with Gasteiger partial charge in [-0.05, 0) is 20.3 Å². The number of urea groups is 1. The predicted molar refractivity (Wildman–Crippen MR) is 117 cm³/mol. The number of imidazole rings is 1. The summed E-state index contributed by atoms with van der Waals surface area (Å²) in [5.74, 6) is 0.383. The first-order valence-electron chi connectivity index (χ1n) is 11.0. The van der Waals surface area contributed by atoms with Crippen molar-refractivity contribution < 1.29 is 19.1 Å². The van der Waals surface area contributed by atoms with Crippen LogP contribution in [0, 0.1) is 0 Å². The number of morpholine rings is 1. The van der Waals surface area contributed by atoms with Crippen LogP contribution >= 0.6 is 11.6 Å². The highest BCUT2D eigenvalue weighted by Gasteiger charge is 2.36. The topological polar surface area (TPSA) is 97.7 Å². The molecule has 0 saturated carbocycles. The highest BCUT2D eigenvalue weighted by Crippen LogP contribution is 2.33. The lowest BCUT2D eigenvalue weighted by molar-refractivity contribution is -0.139. The van der Waals surface area contributed by atoms with Crippen LogP contribution in [0.2, 0.25) is 5.15 Å². The van der Waals surface area contributed by atoms with Gasteiger partial charge in [0.15, 0.2) is 5.15 Å². The van der Waals surface area contributed by atoms with Crippen molar-refractivity contribution in [3.8, 4) is 0 Å². The van der Waals surface area contributed by atoms with Crippen LogP contribution in [0.3, 0.4) is 0 Å². The molecule has 1 aromatic rings. The van der Waals surface area contributed by atoms with Crippen LogP contribution in [0.25, 0.3) is 0 Å². The van der Waals surface area contributed by atoms with Gasteiger partial charge in [0.1, 0.15) is 11.9 Å². The van der Waals surface area contributed by atoms with Gasteiger partial charge in [-0.15, -0.1) is 0 Å². The van der Waals surface area contributed by atoms with Crippen LogP contribution in [0.5, 0.6) is 0 Å². The third kappa shape index (κ3) is 5.58. The molecule has 31 heavy (non-hydrogen) atoms. The first-order chi connectivity index (χ1) is 15.0.